The van der Waals surface area contributed by atoms with E-state index in [0.29, 0.717) is 5.92 Å². The van der Waals surface area contributed by atoms with Crippen molar-refractivity contribution in [3.05, 3.63) is 0 Å². The van der Waals surface area contributed by atoms with Crippen LogP contribution >= 0.6 is 0 Å². The fraction of sp³-hybridized carbons (Fsp3) is 0.917. The Morgan fingerprint density at radius 1 is 1.29 bits per heavy atom. The van der Waals surface area contributed by atoms with E-state index in [-0.39, 0.29) is 5.92 Å². The molecule has 0 aromatic carbocycles. The molecule has 0 heterocycles. The molecule has 0 spiro atoms. The second-order valence-electron chi connectivity index (χ2n) is 3.44. The number of aliphatic carboxylic acids is 1. The number of carboxylic acid groups (broad SMARTS) is 1. The highest BCUT2D eigenvalue weighted by Crippen LogP contribution is 2.21. The van der Waals surface area contributed by atoms with Gasteiger partial charge in [-0.3, -0.25) is 4.79 Å². The van der Waals surface area contributed by atoms with Gasteiger partial charge >= 0.3 is 5.97 Å². The lowest BCUT2D eigenvalue weighted by molar-refractivity contribution is -0.143. The topological polar surface area (TPSA) is 37.3 Å². The number of hydrogen-bond donors (Lipinski definition) is 1. The van der Waals surface area contributed by atoms with Crippen molar-refractivity contribution in [2.24, 2.45) is 11.8 Å². The van der Waals surface area contributed by atoms with Gasteiger partial charge in [-0.25, -0.2) is 0 Å². The van der Waals surface area contributed by atoms with Crippen LogP contribution in [0.3, 0.4) is 0 Å². The standard InChI is InChI=1S/C10H20O2.C2H6/c1-4-6-7-9(5-2)8(3)10(11)12;1-2/h8-9H,4-7H2,1-3H3,(H,11,12);1-2H3. The molecular formula is C12H26O2. The van der Waals surface area contributed by atoms with Crippen molar-refractivity contribution in [2.75, 3.05) is 0 Å². The van der Waals surface area contributed by atoms with Gasteiger partial charge in [0.05, 0.1) is 5.92 Å². The average Bonchev–Trinajstić information content (AvgIpc) is 2.21. The van der Waals surface area contributed by atoms with Crippen molar-refractivity contribution in [3.8, 4) is 0 Å². The van der Waals surface area contributed by atoms with E-state index in [1.165, 1.54) is 0 Å². The van der Waals surface area contributed by atoms with E-state index in [1.807, 2.05) is 20.8 Å². The Hall–Kier alpha value is -0.530. The Bertz CT molecular complexity index is 132. The highest BCUT2D eigenvalue weighted by Gasteiger charge is 2.20. The number of rotatable bonds is 6. The van der Waals surface area contributed by atoms with Crippen LogP contribution in [0.4, 0.5) is 0 Å². The van der Waals surface area contributed by atoms with Crippen LogP contribution in [0.2, 0.25) is 0 Å². The molecule has 0 rings (SSSR count). The molecule has 0 radical (unpaired) electrons. The second kappa shape index (κ2) is 10.6. The predicted octanol–water partition coefficient (Wildman–Crippen LogP) is 3.95. The molecule has 2 heteroatoms. The minimum absolute atomic E-state index is 0.179. The SMILES string of the molecule is CC.CCCCC(CC)C(C)C(=O)O. The highest BCUT2D eigenvalue weighted by molar-refractivity contribution is 5.69. The summed E-state index contributed by atoms with van der Waals surface area (Å²) in [4.78, 5) is 10.7. The molecule has 0 bridgehead atoms. The second-order valence-corrected chi connectivity index (χ2v) is 3.44. The third-order valence-corrected chi connectivity index (χ3v) is 2.55. The van der Waals surface area contributed by atoms with Crippen molar-refractivity contribution in [1.29, 1.82) is 0 Å². The molecular weight excluding hydrogens is 176 g/mol. The Balaban J connectivity index is 0. The summed E-state index contributed by atoms with van der Waals surface area (Å²) in [5.74, 6) is -0.470. The maximum atomic E-state index is 10.7. The molecule has 2 nitrogen and oxygen atoms in total. The molecule has 0 amide bonds. The van der Waals surface area contributed by atoms with Crippen molar-refractivity contribution in [3.63, 3.8) is 0 Å². The molecule has 0 saturated heterocycles. The minimum Gasteiger partial charge on any atom is -0.481 e. The molecule has 0 aliphatic heterocycles. The van der Waals surface area contributed by atoms with Crippen LogP contribution in [0.5, 0.6) is 0 Å². The lowest BCUT2D eigenvalue weighted by atomic mass is 9.87. The van der Waals surface area contributed by atoms with Gasteiger partial charge in [-0.15, -0.1) is 0 Å². The van der Waals surface area contributed by atoms with Crippen LogP contribution < -0.4 is 0 Å². The molecule has 2 unspecified atom stereocenters. The first kappa shape index (κ1) is 15.9. The van der Waals surface area contributed by atoms with Gasteiger partial charge in [0, 0.05) is 0 Å². The summed E-state index contributed by atoms with van der Waals surface area (Å²) in [5, 5.41) is 8.78. The zero-order valence-corrected chi connectivity index (χ0v) is 10.3. The van der Waals surface area contributed by atoms with Gasteiger partial charge in [-0.05, 0) is 12.3 Å². The summed E-state index contributed by atoms with van der Waals surface area (Å²) in [7, 11) is 0. The van der Waals surface area contributed by atoms with Gasteiger partial charge < -0.3 is 5.11 Å². The van der Waals surface area contributed by atoms with Crippen LogP contribution in [-0.4, -0.2) is 11.1 Å². The molecule has 14 heavy (non-hydrogen) atoms. The average molecular weight is 202 g/mol. The minimum atomic E-state index is -0.655. The van der Waals surface area contributed by atoms with Gasteiger partial charge in [0.25, 0.3) is 0 Å². The van der Waals surface area contributed by atoms with Crippen molar-refractivity contribution in [1.82, 2.24) is 0 Å². The van der Waals surface area contributed by atoms with Crippen LogP contribution in [0.15, 0.2) is 0 Å². The summed E-state index contributed by atoms with van der Waals surface area (Å²) < 4.78 is 0. The van der Waals surface area contributed by atoms with Gasteiger partial charge in [0.1, 0.15) is 0 Å². The smallest absolute Gasteiger partial charge is 0.306 e. The summed E-state index contributed by atoms with van der Waals surface area (Å²) in [6.07, 6.45) is 4.34. The Morgan fingerprint density at radius 3 is 2.07 bits per heavy atom. The Labute approximate surface area is 88.7 Å². The van der Waals surface area contributed by atoms with Gasteiger partial charge in [-0.1, -0.05) is 53.9 Å². The normalized spacial score (nSPS) is 13.8. The van der Waals surface area contributed by atoms with Crippen LogP contribution in [0, 0.1) is 11.8 Å². The van der Waals surface area contributed by atoms with Gasteiger partial charge in [0.2, 0.25) is 0 Å². The zero-order valence-electron chi connectivity index (χ0n) is 10.3. The lowest BCUT2D eigenvalue weighted by Crippen LogP contribution is -2.19. The number of carboxylic acids is 1. The van der Waals surface area contributed by atoms with E-state index in [2.05, 4.69) is 13.8 Å². The number of hydrogen-bond acceptors (Lipinski definition) is 1. The predicted molar refractivity (Wildman–Crippen MR) is 61.5 cm³/mol. The maximum absolute atomic E-state index is 10.7. The lowest BCUT2D eigenvalue weighted by Gasteiger charge is -2.18. The molecule has 0 aromatic rings. The van der Waals surface area contributed by atoms with Crippen molar-refractivity contribution >= 4 is 5.97 Å². The zero-order chi connectivity index (χ0) is 11.6. The number of carbonyl (C=O) groups is 1. The Morgan fingerprint density at radius 2 is 1.79 bits per heavy atom. The molecule has 0 fully saturated rings. The molecule has 0 aliphatic rings. The quantitative estimate of drug-likeness (QED) is 0.708. The van der Waals surface area contributed by atoms with E-state index in [1.54, 1.807) is 0 Å². The highest BCUT2D eigenvalue weighted by atomic mass is 16.4. The van der Waals surface area contributed by atoms with Crippen LogP contribution in [0.25, 0.3) is 0 Å². The molecule has 0 aromatic heterocycles. The van der Waals surface area contributed by atoms with Crippen molar-refractivity contribution < 1.29 is 9.90 Å². The Kier molecular flexibility index (Phi) is 12.0. The molecule has 1 N–H and O–H groups in total. The summed E-state index contributed by atoms with van der Waals surface area (Å²) >= 11 is 0. The largest absolute Gasteiger partial charge is 0.481 e. The van der Waals surface area contributed by atoms with Crippen LogP contribution in [0.1, 0.15) is 60.3 Å². The summed E-state index contributed by atoms with van der Waals surface area (Å²) in [5.41, 5.74) is 0. The monoisotopic (exact) mass is 202 g/mol. The van der Waals surface area contributed by atoms with Gasteiger partial charge in [0.15, 0.2) is 0 Å². The number of unbranched alkanes of at least 4 members (excludes halogenated alkanes) is 1. The maximum Gasteiger partial charge on any atom is 0.306 e. The third kappa shape index (κ3) is 6.93. The molecule has 0 saturated carbocycles. The molecule has 0 aliphatic carbocycles. The van der Waals surface area contributed by atoms with E-state index in [0.717, 1.165) is 25.7 Å². The third-order valence-electron chi connectivity index (χ3n) is 2.55. The molecule has 2 atom stereocenters. The summed E-state index contributed by atoms with van der Waals surface area (Å²) in [6, 6.07) is 0. The van der Waals surface area contributed by atoms with Gasteiger partial charge in [-0.2, -0.15) is 0 Å². The fourth-order valence-electron chi connectivity index (χ4n) is 1.48. The van der Waals surface area contributed by atoms with Crippen LogP contribution in [-0.2, 0) is 4.79 Å². The molecule has 86 valence electrons. The van der Waals surface area contributed by atoms with E-state index < -0.39 is 5.97 Å². The van der Waals surface area contributed by atoms with E-state index in [9.17, 15) is 4.79 Å². The fourth-order valence-corrected chi connectivity index (χ4v) is 1.48. The van der Waals surface area contributed by atoms with E-state index in [4.69, 9.17) is 5.11 Å². The summed E-state index contributed by atoms with van der Waals surface area (Å²) in [6.45, 7) is 10.0. The first-order valence-corrected chi connectivity index (χ1v) is 5.86. The first-order valence-electron chi connectivity index (χ1n) is 5.86. The first-order chi connectivity index (χ1) is 6.63. The van der Waals surface area contributed by atoms with E-state index >= 15 is 0 Å². The van der Waals surface area contributed by atoms with Crippen molar-refractivity contribution in [2.45, 2.75) is 60.3 Å².